The molecule has 0 unspecified atom stereocenters. The summed E-state index contributed by atoms with van der Waals surface area (Å²) in [6.07, 6.45) is 3.12. The second-order valence-electron chi connectivity index (χ2n) is 5.12. The molecule has 1 N–H and O–H groups in total. The predicted octanol–water partition coefficient (Wildman–Crippen LogP) is 4.48. The molecule has 2 rings (SSSR count). The minimum Gasteiger partial charge on any atom is -0.462 e. The number of aryl methyl sites for hydroxylation is 1. The molecule has 24 heavy (non-hydrogen) atoms. The Morgan fingerprint density at radius 2 is 1.88 bits per heavy atom. The van der Waals surface area contributed by atoms with Gasteiger partial charge in [0.15, 0.2) is 0 Å². The second kappa shape index (κ2) is 8.31. The first-order valence-corrected chi connectivity index (χ1v) is 7.90. The number of rotatable bonds is 5. The molecule has 0 fully saturated rings. The Balaban J connectivity index is 2.09. The number of hydrogen-bond donors (Lipinski definition) is 1. The van der Waals surface area contributed by atoms with Gasteiger partial charge in [-0.1, -0.05) is 29.8 Å². The van der Waals surface area contributed by atoms with E-state index in [0.717, 1.165) is 11.1 Å². The summed E-state index contributed by atoms with van der Waals surface area (Å²) in [6, 6.07) is 12.2. The molecule has 0 radical (unpaired) electrons. The Labute approximate surface area is 146 Å². The Hall–Kier alpha value is -2.59. The number of esters is 1. The van der Waals surface area contributed by atoms with Gasteiger partial charge in [-0.25, -0.2) is 4.79 Å². The molecule has 0 aromatic heterocycles. The number of anilines is 1. The number of ether oxygens (including phenoxy) is 1. The molecule has 4 nitrogen and oxygen atoms in total. The summed E-state index contributed by atoms with van der Waals surface area (Å²) in [5.74, 6) is -0.696. The Morgan fingerprint density at radius 1 is 1.17 bits per heavy atom. The average molecular weight is 344 g/mol. The summed E-state index contributed by atoms with van der Waals surface area (Å²) in [5, 5.41) is 3.41. The highest BCUT2D eigenvalue weighted by atomic mass is 35.5. The summed E-state index contributed by atoms with van der Waals surface area (Å²) < 4.78 is 4.97. The van der Waals surface area contributed by atoms with E-state index in [1.807, 2.05) is 19.1 Å². The van der Waals surface area contributed by atoms with Crippen LogP contribution in [0.3, 0.4) is 0 Å². The largest absolute Gasteiger partial charge is 0.462 e. The van der Waals surface area contributed by atoms with Crippen molar-refractivity contribution in [2.24, 2.45) is 0 Å². The van der Waals surface area contributed by atoms with Crippen molar-refractivity contribution >= 4 is 35.2 Å². The summed E-state index contributed by atoms with van der Waals surface area (Å²) in [5.41, 5.74) is 2.70. The third-order valence-electron chi connectivity index (χ3n) is 3.30. The lowest BCUT2D eigenvalue weighted by molar-refractivity contribution is -0.111. The number of carbonyl (C=O) groups is 2. The highest BCUT2D eigenvalue weighted by Crippen LogP contribution is 2.18. The van der Waals surface area contributed by atoms with Gasteiger partial charge in [0.2, 0.25) is 5.91 Å². The molecule has 1 amide bonds. The topological polar surface area (TPSA) is 55.4 Å². The van der Waals surface area contributed by atoms with Crippen LogP contribution < -0.4 is 5.32 Å². The fraction of sp³-hybridized carbons (Fsp3) is 0.158. The lowest BCUT2D eigenvalue weighted by Crippen LogP contribution is -2.11. The SMILES string of the molecule is CCOC(=O)c1ccc(C)c(NC(=O)/C=C/c2ccc(Cl)cc2)c1. The van der Waals surface area contributed by atoms with Gasteiger partial charge in [0.05, 0.1) is 12.2 Å². The molecule has 2 aromatic carbocycles. The normalized spacial score (nSPS) is 10.6. The zero-order chi connectivity index (χ0) is 17.5. The summed E-state index contributed by atoms with van der Waals surface area (Å²) >= 11 is 5.82. The second-order valence-corrected chi connectivity index (χ2v) is 5.56. The molecule has 5 heteroatoms. The Bertz CT molecular complexity index is 767. The van der Waals surface area contributed by atoms with Gasteiger partial charge in [0, 0.05) is 16.8 Å². The molecule has 0 aliphatic rings. The zero-order valence-corrected chi connectivity index (χ0v) is 14.3. The van der Waals surface area contributed by atoms with Gasteiger partial charge in [-0.3, -0.25) is 4.79 Å². The van der Waals surface area contributed by atoms with Gasteiger partial charge < -0.3 is 10.1 Å². The van der Waals surface area contributed by atoms with Gasteiger partial charge >= 0.3 is 5.97 Å². The van der Waals surface area contributed by atoms with E-state index < -0.39 is 5.97 Å². The molecule has 0 heterocycles. The molecule has 0 saturated heterocycles. The van der Waals surface area contributed by atoms with Crippen LogP contribution in [-0.4, -0.2) is 18.5 Å². The van der Waals surface area contributed by atoms with Crippen LogP contribution in [0.4, 0.5) is 5.69 Å². The van der Waals surface area contributed by atoms with Crippen molar-refractivity contribution in [1.82, 2.24) is 0 Å². The molecule has 124 valence electrons. The van der Waals surface area contributed by atoms with Crippen LogP contribution in [0.5, 0.6) is 0 Å². The van der Waals surface area contributed by atoms with Gasteiger partial charge in [0.25, 0.3) is 0 Å². The number of halogens is 1. The fourth-order valence-electron chi connectivity index (χ4n) is 2.02. The first kappa shape index (κ1) is 17.8. The van der Waals surface area contributed by atoms with E-state index in [1.165, 1.54) is 6.08 Å². The van der Waals surface area contributed by atoms with Crippen LogP contribution in [-0.2, 0) is 9.53 Å². The molecule has 0 spiro atoms. The lowest BCUT2D eigenvalue weighted by atomic mass is 10.1. The number of benzene rings is 2. The van der Waals surface area contributed by atoms with E-state index in [1.54, 1.807) is 43.3 Å². The highest BCUT2D eigenvalue weighted by molar-refractivity contribution is 6.30. The van der Waals surface area contributed by atoms with E-state index in [0.29, 0.717) is 22.9 Å². The first-order chi connectivity index (χ1) is 11.5. The number of hydrogen-bond acceptors (Lipinski definition) is 3. The molecule has 0 aliphatic carbocycles. The van der Waals surface area contributed by atoms with Gasteiger partial charge in [-0.05, 0) is 55.3 Å². The molecular weight excluding hydrogens is 326 g/mol. The number of amides is 1. The maximum absolute atomic E-state index is 12.1. The van der Waals surface area contributed by atoms with Crippen LogP contribution >= 0.6 is 11.6 Å². The van der Waals surface area contributed by atoms with Crippen LogP contribution in [0.1, 0.15) is 28.4 Å². The van der Waals surface area contributed by atoms with E-state index in [4.69, 9.17) is 16.3 Å². The lowest BCUT2D eigenvalue weighted by Gasteiger charge is -2.09. The van der Waals surface area contributed by atoms with Crippen molar-refractivity contribution in [2.45, 2.75) is 13.8 Å². The molecule has 0 aliphatic heterocycles. The van der Waals surface area contributed by atoms with E-state index >= 15 is 0 Å². The van der Waals surface area contributed by atoms with Crippen LogP contribution in [0.15, 0.2) is 48.5 Å². The third-order valence-corrected chi connectivity index (χ3v) is 3.56. The van der Waals surface area contributed by atoms with E-state index in [-0.39, 0.29) is 5.91 Å². The van der Waals surface area contributed by atoms with E-state index in [9.17, 15) is 9.59 Å². The van der Waals surface area contributed by atoms with Crippen LogP contribution in [0, 0.1) is 6.92 Å². The van der Waals surface area contributed by atoms with Gasteiger partial charge in [0.1, 0.15) is 0 Å². The smallest absolute Gasteiger partial charge is 0.338 e. The zero-order valence-electron chi connectivity index (χ0n) is 13.5. The number of carbonyl (C=O) groups excluding carboxylic acids is 2. The molecular formula is C19H18ClNO3. The Kier molecular flexibility index (Phi) is 6.15. The van der Waals surface area contributed by atoms with Crippen molar-refractivity contribution in [3.8, 4) is 0 Å². The van der Waals surface area contributed by atoms with Gasteiger partial charge in [-0.2, -0.15) is 0 Å². The molecule has 0 atom stereocenters. The van der Waals surface area contributed by atoms with E-state index in [2.05, 4.69) is 5.32 Å². The minimum atomic E-state index is -0.412. The maximum Gasteiger partial charge on any atom is 0.338 e. The third kappa shape index (κ3) is 4.96. The average Bonchev–Trinajstić information content (AvgIpc) is 2.56. The van der Waals surface area contributed by atoms with Gasteiger partial charge in [-0.15, -0.1) is 0 Å². The van der Waals surface area contributed by atoms with Crippen molar-refractivity contribution in [2.75, 3.05) is 11.9 Å². The quantitative estimate of drug-likeness (QED) is 0.643. The maximum atomic E-state index is 12.1. The van der Waals surface area contributed by atoms with Crippen LogP contribution in [0.2, 0.25) is 5.02 Å². The molecule has 0 bridgehead atoms. The summed E-state index contributed by atoms with van der Waals surface area (Å²) in [7, 11) is 0. The standard InChI is InChI=1S/C19H18ClNO3/c1-3-24-19(23)15-8-4-13(2)17(12-15)21-18(22)11-7-14-5-9-16(20)10-6-14/h4-12H,3H2,1-2H3,(H,21,22)/b11-7+. The fourth-order valence-corrected chi connectivity index (χ4v) is 2.14. The molecule has 0 saturated carbocycles. The number of nitrogens with one attached hydrogen (secondary N) is 1. The molecule has 2 aromatic rings. The highest BCUT2D eigenvalue weighted by Gasteiger charge is 2.10. The van der Waals surface area contributed by atoms with Crippen LogP contribution in [0.25, 0.3) is 6.08 Å². The summed E-state index contributed by atoms with van der Waals surface area (Å²) in [6.45, 7) is 3.90. The van der Waals surface area contributed by atoms with Crippen molar-refractivity contribution in [3.63, 3.8) is 0 Å². The van der Waals surface area contributed by atoms with Crippen molar-refractivity contribution < 1.29 is 14.3 Å². The monoisotopic (exact) mass is 343 g/mol. The van der Waals surface area contributed by atoms with Crippen molar-refractivity contribution in [1.29, 1.82) is 0 Å². The predicted molar refractivity (Wildman–Crippen MR) is 96.3 cm³/mol. The first-order valence-electron chi connectivity index (χ1n) is 7.52. The van der Waals surface area contributed by atoms with Crippen molar-refractivity contribution in [3.05, 3.63) is 70.3 Å². The Morgan fingerprint density at radius 3 is 2.54 bits per heavy atom. The minimum absolute atomic E-state index is 0.283. The summed E-state index contributed by atoms with van der Waals surface area (Å²) in [4.78, 5) is 23.8.